The van der Waals surface area contributed by atoms with Crippen molar-refractivity contribution in [2.75, 3.05) is 13.2 Å². The summed E-state index contributed by atoms with van der Waals surface area (Å²) in [7, 11) is 0. The minimum Gasteiger partial charge on any atom is -0.472 e. The molecular formula is C22H28O8. The third kappa shape index (κ3) is 2.38. The van der Waals surface area contributed by atoms with Crippen molar-refractivity contribution in [1.82, 2.24) is 0 Å². The molecule has 8 nitrogen and oxygen atoms in total. The van der Waals surface area contributed by atoms with Crippen LogP contribution < -0.4 is 0 Å². The van der Waals surface area contributed by atoms with Crippen molar-refractivity contribution in [3.63, 3.8) is 0 Å². The van der Waals surface area contributed by atoms with E-state index in [4.69, 9.17) is 18.6 Å². The molecule has 4 fully saturated rings. The molecule has 8 atom stereocenters. The number of aliphatic hydroxyl groups excluding tert-OH is 2. The van der Waals surface area contributed by atoms with Crippen LogP contribution in [0.25, 0.3) is 0 Å². The van der Waals surface area contributed by atoms with Crippen molar-refractivity contribution in [3.05, 3.63) is 24.2 Å². The Morgan fingerprint density at radius 2 is 2.13 bits per heavy atom. The van der Waals surface area contributed by atoms with Gasteiger partial charge < -0.3 is 28.8 Å². The van der Waals surface area contributed by atoms with Crippen LogP contribution in [0.2, 0.25) is 0 Å². The summed E-state index contributed by atoms with van der Waals surface area (Å²) in [5, 5.41) is 21.8. The average Bonchev–Trinajstić information content (AvgIpc) is 3.30. The van der Waals surface area contributed by atoms with Gasteiger partial charge in [0.15, 0.2) is 0 Å². The number of aliphatic hydroxyl groups is 2. The monoisotopic (exact) mass is 420 g/mol. The predicted octanol–water partition coefficient (Wildman–Crippen LogP) is 1.74. The molecule has 0 radical (unpaired) electrons. The van der Waals surface area contributed by atoms with Gasteiger partial charge in [0.25, 0.3) is 0 Å². The lowest BCUT2D eigenvalue weighted by Crippen LogP contribution is -2.74. The van der Waals surface area contributed by atoms with Gasteiger partial charge in [0, 0.05) is 12.5 Å². The quantitative estimate of drug-likeness (QED) is 0.559. The molecule has 8 heteroatoms. The number of carbonyl (C=O) groups excluding carboxylic acids is 2. The maximum absolute atomic E-state index is 13.4. The van der Waals surface area contributed by atoms with Crippen LogP contribution in [-0.4, -0.2) is 53.2 Å². The number of ether oxygens (including phenoxy) is 3. The van der Waals surface area contributed by atoms with Gasteiger partial charge in [0.05, 0.1) is 42.2 Å². The molecule has 2 aliphatic carbocycles. The van der Waals surface area contributed by atoms with Gasteiger partial charge in [0.2, 0.25) is 0 Å². The van der Waals surface area contributed by atoms with E-state index in [1.165, 1.54) is 19.5 Å². The predicted molar refractivity (Wildman–Crippen MR) is 101 cm³/mol. The number of cyclic esters (lactones) is 1. The van der Waals surface area contributed by atoms with Crippen LogP contribution in [0.1, 0.15) is 51.2 Å². The number of hydrogen-bond donors (Lipinski definition) is 2. The van der Waals surface area contributed by atoms with Crippen molar-refractivity contribution in [3.8, 4) is 0 Å². The SMILES string of the molecule is CC(=O)O[C@@H]1C[C@@H](C)[C@@]2(C[C@H](O)c3ccoc3)C(=O)OC[C@]13[C@@H]2CC[C@H](O)[C@]31CO1. The van der Waals surface area contributed by atoms with E-state index in [0.29, 0.717) is 31.4 Å². The Morgan fingerprint density at radius 1 is 1.37 bits per heavy atom. The second-order valence-electron chi connectivity index (χ2n) is 9.49. The maximum Gasteiger partial charge on any atom is 0.312 e. The van der Waals surface area contributed by atoms with Gasteiger partial charge in [-0.1, -0.05) is 6.92 Å². The minimum atomic E-state index is -0.968. The van der Waals surface area contributed by atoms with E-state index in [1.54, 1.807) is 6.07 Å². The largest absolute Gasteiger partial charge is 0.472 e. The fourth-order valence-corrected chi connectivity index (χ4v) is 6.92. The van der Waals surface area contributed by atoms with E-state index in [2.05, 4.69) is 0 Å². The number of epoxide rings is 1. The molecule has 2 saturated heterocycles. The van der Waals surface area contributed by atoms with E-state index in [0.717, 1.165) is 0 Å². The molecule has 2 bridgehead atoms. The summed E-state index contributed by atoms with van der Waals surface area (Å²) in [6.07, 6.45) is 2.51. The summed E-state index contributed by atoms with van der Waals surface area (Å²) in [6, 6.07) is 1.69. The molecule has 0 unspecified atom stereocenters. The summed E-state index contributed by atoms with van der Waals surface area (Å²) >= 11 is 0. The Balaban J connectivity index is 1.62. The molecule has 1 aromatic rings. The van der Waals surface area contributed by atoms with E-state index in [-0.39, 0.29) is 30.8 Å². The summed E-state index contributed by atoms with van der Waals surface area (Å²) in [6.45, 7) is 3.71. The molecule has 4 aliphatic rings. The van der Waals surface area contributed by atoms with Gasteiger partial charge in [-0.05, 0) is 43.6 Å². The Morgan fingerprint density at radius 3 is 2.77 bits per heavy atom. The zero-order valence-electron chi connectivity index (χ0n) is 17.2. The molecule has 0 aromatic carbocycles. The number of carbonyl (C=O) groups is 2. The molecule has 0 amide bonds. The van der Waals surface area contributed by atoms with Crippen molar-refractivity contribution >= 4 is 11.9 Å². The summed E-state index contributed by atoms with van der Waals surface area (Å²) in [5.74, 6) is -1.17. The summed E-state index contributed by atoms with van der Waals surface area (Å²) in [5.41, 5.74) is -2.07. The topological polar surface area (TPSA) is 119 Å². The highest BCUT2D eigenvalue weighted by molar-refractivity contribution is 5.80. The molecule has 3 heterocycles. The molecule has 2 aliphatic heterocycles. The Labute approximate surface area is 174 Å². The Bertz CT molecular complexity index is 845. The fraction of sp³-hybridized carbons (Fsp3) is 0.727. The van der Waals surface area contributed by atoms with Crippen LogP contribution in [0.15, 0.2) is 23.0 Å². The van der Waals surface area contributed by atoms with E-state index in [1.807, 2.05) is 6.92 Å². The Kier molecular flexibility index (Phi) is 4.37. The highest BCUT2D eigenvalue weighted by atomic mass is 16.6. The molecule has 2 saturated carbocycles. The van der Waals surface area contributed by atoms with Crippen LogP contribution >= 0.6 is 0 Å². The third-order valence-corrected chi connectivity index (χ3v) is 8.36. The molecule has 1 aromatic heterocycles. The van der Waals surface area contributed by atoms with Crippen molar-refractivity contribution in [1.29, 1.82) is 0 Å². The number of furan rings is 1. The third-order valence-electron chi connectivity index (χ3n) is 8.36. The molecule has 1 spiro atoms. The van der Waals surface area contributed by atoms with Gasteiger partial charge in [-0.15, -0.1) is 0 Å². The number of hydrogen-bond acceptors (Lipinski definition) is 8. The molecular weight excluding hydrogens is 392 g/mol. The molecule has 5 rings (SSSR count). The second-order valence-corrected chi connectivity index (χ2v) is 9.49. The number of rotatable bonds is 4. The van der Waals surface area contributed by atoms with Crippen LogP contribution in [0.5, 0.6) is 0 Å². The first-order chi connectivity index (χ1) is 14.3. The highest BCUT2D eigenvalue weighted by Crippen LogP contribution is 2.71. The van der Waals surface area contributed by atoms with E-state index < -0.39 is 40.7 Å². The minimum absolute atomic E-state index is 0.0434. The fourth-order valence-electron chi connectivity index (χ4n) is 6.92. The summed E-state index contributed by atoms with van der Waals surface area (Å²) in [4.78, 5) is 25.3. The van der Waals surface area contributed by atoms with Gasteiger partial charge in [-0.2, -0.15) is 0 Å². The van der Waals surface area contributed by atoms with Gasteiger partial charge in [-0.25, -0.2) is 0 Å². The lowest BCUT2D eigenvalue weighted by atomic mass is 9.41. The lowest BCUT2D eigenvalue weighted by Gasteiger charge is -2.65. The lowest BCUT2D eigenvalue weighted by molar-refractivity contribution is -0.279. The molecule has 2 N–H and O–H groups in total. The van der Waals surface area contributed by atoms with Crippen LogP contribution in [-0.2, 0) is 23.8 Å². The zero-order chi connectivity index (χ0) is 21.3. The van der Waals surface area contributed by atoms with E-state index in [9.17, 15) is 19.8 Å². The normalized spacial score (nSPS) is 45.4. The zero-order valence-corrected chi connectivity index (χ0v) is 17.2. The average molecular weight is 420 g/mol. The van der Waals surface area contributed by atoms with Gasteiger partial charge >= 0.3 is 11.9 Å². The Hall–Kier alpha value is -1.90. The second kappa shape index (κ2) is 6.55. The maximum atomic E-state index is 13.4. The first-order valence-electron chi connectivity index (χ1n) is 10.6. The van der Waals surface area contributed by atoms with Crippen molar-refractivity contribution < 1.29 is 38.4 Å². The van der Waals surface area contributed by atoms with Crippen LogP contribution in [0.3, 0.4) is 0 Å². The first kappa shape index (κ1) is 20.0. The number of esters is 2. The van der Waals surface area contributed by atoms with Gasteiger partial charge in [0.1, 0.15) is 18.3 Å². The van der Waals surface area contributed by atoms with Crippen LogP contribution in [0, 0.1) is 22.7 Å². The molecule has 30 heavy (non-hydrogen) atoms. The smallest absolute Gasteiger partial charge is 0.312 e. The summed E-state index contributed by atoms with van der Waals surface area (Å²) < 4.78 is 22.6. The first-order valence-corrected chi connectivity index (χ1v) is 10.6. The van der Waals surface area contributed by atoms with E-state index >= 15 is 0 Å². The molecule has 164 valence electrons. The van der Waals surface area contributed by atoms with Crippen LogP contribution in [0.4, 0.5) is 0 Å². The van der Waals surface area contributed by atoms with Crippen molar-refractivity contribution in [2.24, 2.45) is 22.7 Å². The highest BCUT2D eigenvalue weighted by Gasteiger charge is 2.81. The van der Waals surface area contributed by atoms with Crippen molar-refractivity contribution in [2.45, 2.75) is 63.4 Å². The standard InChI is InChI=1S/C22H28O8/c1-12-7-18(30-13(2)23)21-10-28-19(26)20(12,8-15(24)14-5-6-27-9-14)16(21)3-4-17(25)22(21)11-29-22/h5-6,9,12,15-18,24-25H,3-4,7-8,10-11H2,1-2H3/t12-,15+,16-,17+,18-,20-,21+,22-/m1/s1. The van der Waals surface area contributed by atoms with Gasteiger partial charge in [-0.3, -0.25) is 9.59 Å².